The van der Waals surface area contributed by atoms with Crippen molar-refractivity contribution in [3.05, 3.63) is 71.8 Å². The van der Waals surface area contributed by atoms with E-state index in [9.17, 15) is 14.4 Å². The van der Waals surface area contributed by atoms with Crippen LogP contribution in [0.1, 0.15) is 47.9 Å². The number of Topliss-reactive ketones (excluding diaryl/α,β-unsaturated/α-hetero) is 1. The van der Waals surface area contributed by atoms with Crippen LogP contribution in [0.15, 0.2) is 60.7 Å². The molecular formula is C20H22O6. The molecular weight excluding hydrogens is 336 g/mol. The fourth-order valence-corrected chi connectivity index (χ4v) is 1.93. The zero-order valence-electron chi connectivity index (χ0n) is 15.0. The summed E-state index contributed by atoms with van der Waals surface area (Å²) in [5.74, 6) is -1.39. The van der Waals surface area contributed by atoms with Crippen molar-refractivity contribution < 1.29 is 29.3 Å². The average Bonchev–Trinajstić information content (AvgIpc) is 2.59. The molecule has 0 radical (unpaired) electrons. The molecule has 0 spiro atoms. The van der Waals surface area contributed by atoms with E-state index in [0.717, 1.165) is 0 Å². The first-order valence-electron chi connectivity index (χ1n) is 7.94. The molecule has 0 aromatic heterocycles. The summed E-state index contributed by atoms with van der Waals surface area (Å²) >= 11 is 0. The Labute approximate surface area is 152 Å². The van der Waals surface area contributed by atoms with E-state index < -0.39 is 17.5 Å². The number of carbonyl (C=O) groups excluding carboxylic acids is 3. The van der Waals surface area contributed by atoms with Crippen LogP contribution in [0, 0.1) is 0 Å². The van der Waals surface area contributed by atoms with Gasteiger partial charge in [-0.15, -0.1) is 0 Å². The molecule has 2 aromatic rings. The van der Waals surface area contributed by atoms with Crippen molar-refractivity contribution in [2.24, 2.45) is 0 Å². The number of hydrogen-bond donors (Lipinski definition) is 1. The first-order chi connectivity index (χ1) is 12.2. The van der Waals surface area contributed by atoms with E-state index in [-0.39, 0.29) is 12.2 Å². The van der Waals surface area contributed by atoms with E-state index in [2.05, 4.69) is 9.78 Å². The first kappa shape index (κ1) is 21.1. The van der Waals surface area contributed by atoms with Crippen LogP contribution in [0.25, 0.3) is 0 Å². The molecule has 0 aliphatic carbocycles. The maximum Gasteiger partial charge on any atom is 0.386 e. The van der Waals surface area contributed by atoms with Crippen molar-refractivity contribution >= 4 is 17.7 Å². The second-order valence-corrected chi connectivity index (χ2v) is 6.16. The van der Waals surface area contributed by atoms with Crippen molar-refractivity contribution in [1.29, 1.82) is 0 Å². The Morgan fingerprint density at radius 2 is 1.15 bits per heavy atom. The number of carbonyl (C=O) groups is 3. The third-order valence-electron chi connectivity index (χ3n) is 2.89. The van der Waals surface area contributed by atoms with E-state index in [4.69, 9.17) is 5.11 Å². The van der Waals surface area contributed by atoms with Gasteiger partial charge in [-0.2, -0.15) is 0 Å². The highest BCUT2D eigenvalue weighted by molar-refractivity contribution is 5.92. The summed E-state index contributed by atoms with van der Waals surface area (Å²) in [6, 6.07) is 16.6. The van der Waals surface area contributed by atoms with Crippen molar-refractivity contribution in [2.75, 3.05) is 0 Å². The zero-order valence-corrected chi connectivity index (χ0v) is 15.0. The molecule has 0 bridgehead atoms. The summed E-state index contributed by atoms with van der Waals surface area (Å²) < 4.78 is 0. The van der Waals surface area contributed by atoms with Gasteiger partial charge in [-0.1, -0.05) is 36.4 Å². The Balaban J connectivity index is 0.000000359. The van der Waals surface area contributed by atoms with Crippen molar-refractivity contribution in [3.63, 3.8) is 0 Å². The lowest BCUT2D eigenvalue weighted by atomic mass is 10.0. The minimum Gasteiger partial charge on any atom is -0.390 e. The van der Waals surface area contributed by atoms with Gasteiger partial charge in [0, 0.05) is 6.42 Å². The summed E-state index contributed by atoms with van der Waals surface area (Å²) in [7, 11) is 0. The average molecular weight is 358 g/mol. The van der Waals surface area contributed by atoms with E-state index in [1.54, 1.807) is 74.5 Å². The fourth-order valence-electron chi connectivity index (χ4n) is 1.93. The molecule has 26 heavy (non-hydrogen) atoms. The quantitative estimate of drug-likeness (QED) is 0.666. The molecule has 0 atom stereocenters. The summed E-state index contributed by atoms with van der Waals surface area (Å²) in [6.07, 6.45) is 0.243. The summed E-state index contributed by atoms with van der Waals surface area (Å²) in [5.41, 5.74) is -0.192. The summed E-state index contributed by atoms with van der Waals surface area (Å²) in [5, 5.41) is 8.97. The highest BCUT2D eigenvalue weighted by atomic mass is 17.2. The molecule has 6 nitrogen and oxygen atoms in total. The van der Waals surface area contributed by atoms with Crippen LogP contribution in [0.4, 0.5) is 0 Å². The first-order valence-corrected chi connectivity index (χ1v) is 7.94. The second-order valence-electron chi connectivity index (χ2n) is 6.16. The van der Waals surface area contributed by atoms with E-state index in [1.165, 1.54) is 6.92 Å². The van der Waals surface area contributed by atoms with Crippen LogP contribution in [0.5, 0.6) is 0 Å². The molecule has 1 N–H and O–H groups in total. The minimum absolute atomic E-state index is 0.0255. The number of benzene rings is 2. The second kappa shape index (κ2) is 10.1. The smallest absolute Gasteiger partial charge is 0.386 e. The fraction of sp³-hybridized carbons (Fsp3) is 0.250. The lowest BCUT2D eigenvalue weighted by Gasteiger charge is -2.13. The zero-order chi connectivity index (χ0) is 19.6. The SMILES string of the molecule is CC(=O)CC(C)(C)O.O=C(OOC(=O)c1ccccc1)c1ccccc1. The standard InChI is InChI=1S/C14H10O4.C6H12O2/c15-13(11-7-3-1-4-8-11)17-18-14(16)12-9-5-2-6-10-12;1-5(7)4-6(2,3)8/h1-10H;8H,4H2,1-3H3. The van der Waals surface area contributed by atoms with Crippen LogP contribution in [0.2, 0.25) is 0 Å². The lowest BCUT2D eigenvalue weighted by molar-refractivity contribution is -0.187. The Morgan fingerprint density at radius 3 is 1.38 bits per heavy atom. The maximum absolute atomic E-state index is 11.5. The van der Waals surface area contributed by atoms with Gasteiger partial charge in [0.25, 0.3) is 0 Å². The van der Waals surface area contributed by atoms with Crippen LogP contribution in [0.3, 0.4) is 0 Å². The number of aliphatic hydroxyl groups is 1. The molecule has 0 aliphatic heterocycles. The summed E-state index contributed by atoms with van der Waals surface area (Å²) in [4.78, 5) is 42.2. The van der Waals surface area contributed by atoms with E-state index >= 15 is 0 Å². The Morgan fingerprint density at radius 1 is 0.808 bits per heavy atom. The predicted molar refractivity (Wildman–Crippen MR) is 95.3 cm³/mol. The van der Waals surface area contributed by atoms with Gasteiger partial charge < -0.3 is 5.11 Å². The largest absolute Gasteiger partial charge is 0.390 e. The highest BCUT2D eigenvalue weighted by Crippen LogP contribution is 2.06. The number of hydrogen-bond acceptors (Lipinski definition) is 6. The molecule has 0 heterocycles. The van der Waals surface area contributed by atoms with Gasteiger partial charge in [0.05, 0.1) is 16.7 Å². The molecule has 0 saturated heterocycles. The Hall–Kier alpha value is -2.99. The number of ketones is 1. The molecule has 2 rings (SSSR count). The molecule has 0 saturated carbocycles. The molecule has 138 valence electrons. The van der Waals surface area contributed by atoms with Gasteiger partial charge in [0.15, 0.2) is 0 Å². The van der Waals surface area contributed by atoms with Gasteiger partial charge in [-0.25, -0.2) is 19.4 Å². The highest BCUT2D eigenvalue weighted by Gasteiger charge is 2.14. The van der Waals surface area contributed by atoms with Gasteiger partial charge in [0.1, 0.15) is 5.78 Å². The predicted octanol–water partition coefficient (Wildman–Crippen LogP) is 3.35. The topological polar surface area (TPSA) is 89.9 Å². The van der Waals surface area contributed by atoms with Crippen LogP contribution in [-0.4, -0.2) is 28.4 Å². The lowest BCUT2D eigenvalue weighted by Crippen LogP contribution is -2.21. The molecule has 0 fully saturated rings. The minimum atomic E-state index is -0.828. The van der Waals surface area contributed by atoms with Gasteiger partial charge in [-0.3, -0.25) is 4.79 Å². The monoisotopic (exact) mass is 358 g/mol. The van der Waals surface area contributed by atoms with Gasteiger partial charge in [0.2, 0.25) is 0 Å². The normalized spacial score (nSPS) is 10.2. The van der Waals surface area contributed by atoms with E-state index in [1.807, 2.05) is 0 Å². The molecule has 0 unspecified atom stereocenters. The van der Waals surface area contributed by atoms with Crippen molar-refractivity contribution in [3.8, 4) is 0 Å². The van der Waals surface area contributed by atoms with Gasteiger partial charge >= 0.3 is 11.9 Å². The van der Waals surface area contributed by atoms with Crippen molar-refractivity contribution in [2.45, 2.75) is 32.8 Å². The number of rotatable bonds is 4. The summed E-state index contributed by atoms with van der Waals surface area (Å²) in [6.45, 7) is 4.71. The molecule has 2 aromatic carbocycles. The van der Waals surface area contributed by atoms with Crippen LogP contribution < -0.4 is 0 Å². The van der Waals surface area contributed by atoms with Gasteiger partial charge in [-0.05, 0) is 45.0 Å². The molecule has 0 aliphatic rings. The van der Waals surface area contributed by atoms with Crippen molar-refractivity contribution in [1.82, 2.24) is 0 Å². The maximum atomic E-state index is 11.5. The van der Waals surface area contributed by atoms with Crippen LogP contribution in [-0.2, 0) is 14.6 Å². The van der Waals surface area contributed by atoms with Crippen LogP contribution >= 0.6 is 0 Å². The molecule has 6 heteroatoms. The third-order valence-corrected chi connectivity index (χ3v) is 2.89. The Bertz CT molecular complexity index is 665. The molecule has 0 amide bonds. The third kappa shape index (κ3) is 8.75. The van der Waals surface area contributed by atoms with E-state index in [0.29, 0.717) is 11.1 Å². The Kier molecular flexibility index (Phi) is 8.18.